The van der Waals surface area contributed by atoms with Gasteiger partial charge in [0.25, 0.3) is 0 Å². The fraction of sp³-hybridized carbons (Fsp3) is 0.348. The number of amides is 4. The first kappa shape index (κ1) is 22.2. The molecule has 0 saturated carbocycles. The van der Waals surface area contributed by atoms with Crippen molar-refractivity contribution < 1.29 is 18.8 Å². The Morgan fingerprint density at radius 2 is 1.97 bits per heavy atom. The Hall–Kier alpha value is -2.97. The molecule has 168 valence electrons. The van der Waals surface area contributed by atoms with Gasteiger partial charge in [-0.3, -0.25) is 24.7 Å². The van der Waals surface area contributed by atoms with Crippen molar-refractivity contribution in [1.29, 1.82) is 0 Å². The lowest BCUT2D eigenvalue weighted by molar-refractivity contribution is -0.142. The van der Waals surface area contributed by atoms with Crippen molar-refractivity contribution in [1.82, 2.24) is 15.1 Å². The quantitative estimate of drug-likeness (QED) is 0.696. The Balaban J connectivity index is 1.50. The van der Waals surface area contributed by atoms with Crippen molar-refractivity contribution in [3.05, 3.63) is 64.9 Å². The average molecular weight is 459 g/mol. The van der Waals surface area contributed by atoms with E-state index < -0.39 is 29.8 Å². The number of fused-ring (bicyclic) bond motifs is 1. The number of carbonyl (C=O) groups excluding carboxylic acids is 3. The first-order valence-electron chi connectivity index (χ1n) is 10.6. The molecular weight excluding hydrogens is 435 g/mol. The topological polar surface area (TPSA) is 81.8 Å². The molecular formula is C23H24ClFN4O3. The fourth-order valence-electron chi connectivity index (χ4n) is 4.22. The molecule has 2 aromatic rings. The minimum Gasteiger partial charge on any atom is -0.322 e. The van der Waals surface area contributed by atoms with Crippen LogP contribution in [0.4, 0.5) is 14.9 Å². The summed E-state index contributed by atoms with van der Waals surface area (Å²) in [4.78, 5) is 41.6. The molecule has 0 radical (unpaired) electrons. The zero-order valence-electron chi connectivity index (χ0n) is 17.4. The number of urea groups is 1. The van der Waals surface area contributed by atoms with E-state index in [0.29, 0.717) is 19.4 Å². The minimum atomic E-state index is -0.663. The average Bonchev–Trinajstić information content (AvgIpc) is 2.79. The standard InChI is InChI=1S/C23H24ClFN4O3/c24-16-8-9-19(18(25)13-16)27-20(30)14-29-21-17(7-4-11-26-21)22(31)28(23(29)32)12-10-15-5-2-1-3-6-15/h1-3,5-6,8-9,13,17,21,26H,4,7,10-12,14H2,(H,27,30). The van der Waals surface area contributed by atoms with Crippen LogP contribution >= 0.6 is 11.6 Å². The fourth-order valence-corrected chi connectivity index (χ4v) is 4.38. The number of rotatable bonds is 6. The molecule has 2 saturated heterocycles. The Bertz CT molecular complexity index is 1020. The SMILES string of the molecule is O=C(CN1C(=O)N(CCc2ccccc2)C(=O)C2CCCNC21)Nc1ccc(Cl)cc1F. The summed E-state index contributed by atoms with van der Waals surface area (Å²) in [5.74, 6) is -1.85. The Morgan fingerprint density at radius 3 is 2.72 bits per heavy atom. The predicted molar refractivity (Wildman–Crippen MR) is 119 cm³/mol. The maximum Gasteiger partial charge on any atom is 0.328 e. The molecule has 2 aromatic carbocycles. The van der Waals surface area contributed by atoms with E-state index in [-0.39, 0.29) is 29.7 Å². The highest BCUT2D eigenvalue weighted by Gasteiger charge is 2.47. The highest BCUT2D eigenvalue weighted by molar-refractivity contribution is 6.30. The van der Waals surface area contributed by atoms with Crippen LogP contribution in [0.3, 0.4) is 0 Å². The number of benzene rings is 2. The molecule has 2 aliphatic heterocycles. The molecule has 0 aromatic heterocycles. The molecule has 2 fully saturated rings. The maximum absolute atomic E-state index is 14.1. The van der Waals surface area contributed by atoms with Gasteiger partial charge < -0.3 is 5.32 Å². The van der Waals surface area contributed by atoms with Crippen molar-refractivity contribution in [3.8, 4) is 0 Å². The Labute approximate surface area is 190 Å². The minimum absolute atomic E-state index is 0.0194. The monoisotopic (exact) mass is 458 g/mol. The van der Waals surface area contributed by atoms with Crippen LogP contribution in [-0.2, 0) is 16.0 Å². The van der Waals surface area contributed by atoms with Crippen molar-refractivity contribution in [2.24, 2.45) is 5.92 Å². The van der Waals surface area contributed by atoms with Crippen LogP contribution in [0.1, 0.15) is 18.4 Å². The third kappa shape index (κ3) is 4.76. The molecule has 2 aliphatic rings. The Morgan fingerprint density at radius 1 is 1.19 bits per heavy atom. The van der Waals surface area contributed by atoms with Gasteiger partial charge in [-0.1, -0.05) is 41.9 Å². The lowest BCUT2D eigenvalue weighted by Crippen LogP contribution is -2.68. The highest BCUT2D eigenvalue weighted by Crippen LogP contribution is 2.28. The lowest BCUT2D eigenvalue weighted by atomic mass is 9.91. The number of piperidine rings is 1. The number of hydrogen-bond acceptors (Lipinski definition) is 4. The van der Waals surface area contributed by atoms with Gasteiger partial charge in [-0.15, -0.1) is 0 Å². The number of imide groups is 1. The second kappa shape index (κ2) is 9.67. The van der Waals surface area contributed by atoms with Crippen LogP contribution in [0.5, 0.6) is 0 Å². The molecule has 0 spiro atoms. The van der Waals surface area contributed by atoms with Crippen LogP contribution in [-0.4, -0.2) is 53.4 Å². The van der Waals surface area contributed by atoms with Gasteiger partial charge in [0.15, 0.2) is 0 Å². The molecule has 4 amide bonds. The summed E-state index contributed by atoms with van der Waals surface area (Å²) in [5, 5.41) is 5.90. The third-order valence-corrected chi connectivity index (χ3v) is 6.04. The van der Waals surface area contributed by atoms with Gasteiger partial charge in [0.1, 0.15) is 12.4 Å². The number of hydrogen-bond donors (Lipinski definition) is 2. The summed E-state index contributed by atoms with van der Waals surface area (Å²) in [6.07, 6.45) is 1.41. The normalized spacial score (nSPS) is 20.8. The number of anilines is 1. The van der Waals surface area contributed by atoms with Gasteiger partial charge in [-0.05, 0) is 49.6 Å². The number of halogens is 2. The van der Waals surface area contributed by atoms with E-state index in [9.17, 15) is 18.8 Å². The third-order valence-electron chi connectivity index (χ3n) is 5.81. The van der Waals surface area contributed by atoms with Crippen molar-refractivity contribution in [2.75, 3.05) is 25.0 Å². The molecule has 2 N–H and O–H groups in total. The molecule has 7 nitrogen and oxygen atoms in total. The summed E-state index contributed by atoms with van der Waals surface area (Å²) in [6, 6.07) is 13.0. The van der Waals surface area contributed by atoms with Crippen molar-refractivity contribution in [2.45, 2.75) is 25.4 Å². The smallest absolute Gasteiger partial charge is 0.322 e. The molecule has 0 bridgehead atoms. The molecule has 32 heavy (non-hydrogen) atoms. The largest absolute Gasteiger partial charge is 0.328 e. The van der Waals surface area contributed by atoms with Gasteiger partial charge >= 0.3 is 6.03 Å². The zero-order valence-corrected chi connectivity index (χ0v) is 18.1. The summed E-state index contributed by atoms with van der Waals surface area (Å²) < 4.78 is 14.1. The summed E-state index contributed by atoms with van der Waals surface area (Å²) in [6.45, 7) is 0.578. The van der Waals surface area contributed by atoms with Crippen LogP contribution in [0, 0.1) is 11.7 Å². The first-order chi connectivity index (χ1) is 15.4. The highest BCUT2D eigenvalue weighted by atomic mass is 35.5. The van der Waals surface area contributed by atoms with E-state index in [0.717, 1.165) is 18.1 Å². The molecule has 2 atom stereocenters. The number of nitrogens with one attached hydrogen (secondary N) is 2. The number of carbonyl (C=O) groups is 3. The molecule has 2 unspecified atom stereocenters. The summed E-state index contributed by atoms with van der Waals surface area (Å²) >= 11 is 5.76. The van der Waals surface area contributed by atoms with Crippen molar-refractivity contribution >= 4 is 35.1 Å². The van der Waals surface area contributed by atoms with E-state index in [4.69, 9.17) is 11.6 Å². The van der Waals surface area contributed by atoms with Crippen LogP contribution in [0.2, 0.25) is 5.02 Å². The van der Waals surface area contributed by atoms with E-state index in [1.807, 2.05) is 30.3 Å². The second-order valence-electron chi connectivity index (χ2n) is 7.96. The van der Waals surface area contributed by atoms with E-state index in [1.54, 1.807) is 0 Å². The van der Waals surface area contributed by atoms with E-state index >= 15 is 0 Å². The zero-order chi connectivity index (χ0) is 22.7. The van der Waals surface area contributed by atoms with Gasteiger partial charge in [0.05, 0.1) is 17.8 Å². The van der Waals surface area contributed by atoms with Crippen LogP contribution in [0.25, 0.3) is 0 Å². The predicted octanol–water partition coefficient (Wildman–Crippen LogP) is 3.25. The number of nitrogens with zero attached hydrogens (tertiary/aromatic N) is 2. The molecule has 2 heterocycles. The van der Waals surface area contributed by atoms with Gasteiger partial charge in [-0.2, -0.15) is 0 Å². The van der Waals surface area contributed by atoms with Crippen LogP contribution < -0.4 is 10.6 Å². The Kier molecular flexibility index (Phi) is 6.72. The van der Waals surface area contributed by atoms with Crippen molar-refractivity contribution in [3.63, 3.8) is 0 Å². The van der Waals surface area contributed by atoms with E-state index in [1.165, 1.54) is 21.9 Å². The lowest BCUT2D eigenvalue weighted by Gasteiger charge is -2.46. The van der Waals surface area contributed by atoms with Crippen LogP contribution in [0.15, 0.2) is 48.5 Å². The van der Waals surface area contributed by atoms with E-state index in [2.05, 4.69) is 10.6 Å². The van der Waals surface area contributed by atoms with Gasteiger partial charge in [-0.25, -0.2) is 9.18 Å². The molecule has 9 heteroatoms. The summed E-state index contributed by atoms with van der Waals surface area (Å²) in [5.41, 5.74) is 0.994. The van der Waals surface area contributed by atoms with Gasteiger partial charge in [0, 0.05) is 11.6 Å². The summed E-state index contributed by atoms with van der Waals surface area (Å²) in [7, 11) is 0. The molecule has 4 rings (SSSR count). The second-order valence-corrected chi connectivity index (χ2v) is 8.39. The molecule has 0 aliphatic carbocycles. The maximum atomic E-state index is 14.1. The first-order valence-corrected chi connectivity index (χ1v) is 11.0. The van der Waals surface area contributed by atoms with Gasteiger partial charge in [0.2, 0.25) is 11.8 Å².